The molecule has 5 nitrogen and oxygen atoms in total. The molecule has 0 aromatic heterocycles. The van der Waals surface area contributed by atoms with Crippen molar-refractivity contribution in [3.63, 3.8) is 0 Å². The molecule has 0 radical (unpaired) electrons. The van der Waals surface area contributed by atoms with Crippen LogP contribution in [0.4, 0.5) is 0 Å². The second-order valence-electron chi connectivity index (χ2n) is 4.83. The van der Waals surface area contributed by atoms with Crippen LogP contribution >= 0.6 is 11.6 Å². The summed E-state index contributed by atoms with van der Waals surface area (Å²) < 4.78 is 5.24. The van der Waals surface area contributed by atoms with Gasteiger partial charge in [0.2, 0.25) is 0 Å². The van der Waals surface area contributed by atoms with Crippen molar-refractivity contribution in [1.82, 2.24) is 5.32 Å². The van der Waals surface area contributed by atoms with Crippen LogP contribution in [0, 0.1) is 5.92 Å². The minimum atomic E-state index is -1.04. The molecule has 0 aliphatic carbocycles. The number of halogens is 1. The third-order valence-corrected chi connectivity index (χ3v) is 2.78. The zero-order valence-electron chi connectivity index (χ0n) is 11.4. The van der Waals surface area contributed by atoms with Gasteiger partial charge in [0.15, 0.2) is 6.61 Å². The molecule has 0 saturated carbocycles. The number of nitrogens with one attached hydrogen (secondary N) is 1. The summed E-state index contributed by atoms with van der Waals surface area (Å²) in [4.78, 5) is 22.7. The number of hydrogen-bond donors (Lipinski definition) is 2. The van der Waals surface area contributed by atoms with Crippen LogP contribution in [0.3, 0.4) is 0 Å². The maximum Gasteiger partial charge on any atom is 0.326 e. The Labute approximate surface area is 122 Å². The Hall–Kier alpha value is -1.75. The standard InChI is InChI=1S/C14H18ClNO4/c1-9(2)7-12(14(18)19)16-13(17)8-20-11-5-3-10(15)4-6-11/h3-6,9,12H,7-8H2,1-2H3,(H,16,17)(H,18,19)/t12-/m0/s1. The molecule has 1 aromatic carbocycles. The SMILES string of the molecule is CC(C)C[C@H](NC(=O)COc1ccc(Cl)cc1)C(=O)O. The summed E-state index contributed by atoms with van der Waals surface area (Å²) in [5.74, 6) is -0.833. The second kappa shape index (κ2) is 7.75. The van der Waals surface area contributed by atoms with Crippen LogP contribution in [0.15, 0.2) is 24.3 Å². The predicted octanol–water partition coefficient (Wildman–Crippen LogP) is 2.33. The smallest absolute Gasteiger partial charge is 0.326 e. The number of amides is 1. The number of carbonyl (C=O) groups excluding carboxylic acids is 1. The molecule has 0 aliphatic heterocycles. The van der Waals surface area contributed by atoms with Crippen molar-refractivity contribution in [3.8, 4) is 5.75 Å². The summed E-state index contributed by atoms with van der Waals surface area (Å²) in [5.41, 5.74) is 0. The molecule has 1 aromatic rings. The van der Waals surface area contributed by atoms with Gasteiger partial charge in [-0.1, -0.05) is 25.4 Å². The van der Waals surface area contributed by atoms with Gasteiger partial charge in [0.05, 0.1) is 0 Å². The van der Waals surface area contributed by atoms with E-state index in [4.69, 9.17) is 21.4 Å². The molecule has 0 fully saturated rings. The number of aliphatic carboxylic acids is 1. The fraction of sp³-hybridized carbons (Fsp3) is 0.429. The third kappa shape index (κ3) is 5.93. The van der Waals surface area contributed by atoms with Crippen LogP contribution in [0.25, 0.3) is 0 Å². The number of carboxylic acid groups (broad SMARTS) is 1. The Balaban J connectivity index is 2.45. The molecule has 1 amide bonds. The summed E-state index contributed by atoms with van der Waals surface area (Å²) in [6.45, 7) is 3.56. The topological polar surface area (TPSA) is 75.6 Å². The van der Waals surface area contributed by atoms with Gasteiger partial charge in [0.1, 0.15) is 11.8 Å². The van der Waals surface area contributed by atoms with Crippen molar-refractivity contribution in [2.45, 2.75) is 26.3 Å². The summed E-state index contributed by atoms with van der Waals surface area (Å²) in [7, 11) is 0. The third-order valence-electron chi connectivity index (χ3n) is 2.52. The highest BCUT2D eigenvalue weighted by Gasteiger charge is 2.21. The van der Waals surface area contributed by atoms with Crippen molar-refractivity contribution in [1.29, 1.82) is 0 Å². The molecule has 1 atom stereocenters. The molecule has 0 bridgehead atoms. The second-order valence-corrected chi connectivity index (χ2v) is 5.27. The zero-order chi connectivity index (χ0) is 15.1. The van der Waals surface area contributed by atoms with E-state index < -0.39 is 17.9 Å². The van der Waals surface area contributed by atoms with Gasteiger partial charge in [-0.3, -0.25) is 4.79 Å². The summed E-state index contributed by atoms with van der Waals surface area (Å²) in [5, 5.41) is 12.0. The molecule has 0 saturated heterocycles. The average molecular weight is 300 g/mol. The number of benzene rings is 1. The van der Waals surface area contributed by atoms with E-state index in [9.17, 15) is 9.59 Å². The first kappa shape index (κ1) is 16.3. The van der Waals surface area contributed by atoms with Gasteiger partial charge in [-0.2, -0.15) is 0 Å². The van der Waals surface area contributed by atoms with Gasteiger partial charge in [0.25, 0.3) is 5.91 Å². The van der Waals surface area contributed by atoms with E-state index in [-0.39, 0.29) is 12.5 Å². The maximum atomic E-state index is 11.7. The molecular formula is C14H18ClNO4. The van der Waals surface area contributed by atoms with Gasteiger partial charge in [-0.05, 0) is 36.6 Å². The van der Waals surface area contributed by atoms with E-state index in [0.717, 1.165) is 0 Å². The van der Waals surface area contributed by atoms with Crippen molar-refractivity contribution in [2.75, 3.05) is 6.61 Å². The van der Waals surface area contributed by atoms with Crippen molar-refractivity contribution < 1.29 is 19.4 Å². The molecule has 1 rings (SSSR count). The highest BCUT2D eigenvalue weighted by molar-refractivity contribution is 6.30. The predicted molar refractivity (Wildman–Crippen MR) is 76.0 cm³/mol. The number of rotatable bonds is 7. The number of hydrogen-bond acceptors (Lipinski definition) is 3. The number of carbonyl (C=O) groups is 2. The highest BCUT2D eigenvalue weighted by atomic mass is 35.5. The van der Waals surface area contributed by atoms with Crippen LogP contribution in [-0.2, 0) is 9.59 Å². The monoisotopic (exact) mass is 299 g/mol. The molecule has 20 heavy (non-hydrogen) atoms. The quantitative estimate of drug-likeness (QED) is 0.810. The average Bonchev–Trinajstić information content (AvgIpc) is 2.36. The Morgan fingerprint density at radius 1 is 1.30 bits per heavy atom. The Kier molecular flexibility index (Phi) is 6.31. The first-order chi connectivity index (χ1) is 9.38. The van der Waals surface area contributed by atoms with E-state index in [2.05, 4.69) is 5.32 Å². The maximum absolute atomic E-state index is 11.7. The van der Waals surface area contributed by atoms with Gasteiger partial charge in [-0.25, -0.2) is 4.79 Å². The lowest BCUT2D eigenvalue weighted by Crippen LogP contribution is -2.43. The van der Waals surface area contributed by atoms with Crippen LogP contribution in [-0.4, -0.2) is 29.6 Å². The number of carboxylic acids is 1. The minimum absolute atomic E-state index is 0.175. The first-order valence-corrected chi connectivity index (χ1v) is 6.67. The van der Waals surface area contributed by atoms with Gasteiger partial charge < -0.3 is 15.2 Å². The molecule has 0 unspecified atom stereocenters. The lowest BCUT2D eigenvalue weighted by molar-refractivity contribution is -0.142. The molecule has 0 spiro atoms. The minimum Gasteiger partial charge on any atom is -0.484 e. The molecule has 110 valence electrons. The summed E-state index contributed by atoms with van der Waals surface area (Å²) in [6.07, 6.45) is 0.377. The van der Waals surface area contributed by atoms with Crippen LogP contribution in [0.1, 0.15) is 20.3 Å². The highest BCUT2D eigenvalue weighted by Crippen LogP contribution is 2.15. The van der Waals surface area contributed by atoms with E-state index in [1.807, 2.05) is 13.8 Å². The fourth-order valence-electron chi connectivity index (χ4n) is 1.61. The summed E-state index contributed by atoms with van der Waals surface area (Å²) >= 11 is 5.73. The molecule has 2 N–H and O–H groups in total. The molecule has 0 aliphatic rings. The van der Waals surface area contributed by atoms with Crippen LogP contribution in [0.2, 0.25) is 5.02 Å². The lowest BCUT2D eigenvalue weighted by Gasteiger charge is -2.16. The van der Waals surface area contributed by atoms with E-state index >= 15 is 0 Å². The fourth-order valence-corrected chi connectivity index (χ4v) is 1.73. The largest absolute Gasteiger partial charge is 0.484 e. The van der Waals surface area contributed by atoms with Gasteiger partial charge >= 0.3 is 5.97 Å². The van der Waals surface area contributed by atoms with Crippen LogP contribution in [0.5, 0.6) is 5.75 Å². The van der Waals surface area contributed by atoms with E-state index in [1.54, 1.807) is 24.3 Å². The van der Waals surface area contributed by atoms with Crippen molar-refractivity contribution in [3.05, 3.63) is 29.3 Å². The summed E-state index contributed by atoms with van der Waals surface area (Å²) in [6, 6.07) is 5.68. The van der Waals surface area contributed by atoms with E-state index in [0.29, 0.717) is 17.2 Å². The van der Waals surface area contributed by atoms with Gasteiger partial charge in [-0.15, -0.1) is 0 Å². The van der Waals surface area contributed by atoms with Gasteiger partial charge in [0, 0.05) is 5.02 Å². The molecular weight excluding hydrogens is 282 g/mol. The Morgan fingerprint density at radius 3 is 2.40 bits per heavy atom. The Bertz CT molecular complexity index is 459. The number of ether oxygens (including phenoxy) is 1. The Morgan fingerprint density at radius 2 is 1.90 bits per heavy atom. The van der Waals surface area contributed by atoms with Crippen LogP contribution < -0.4 is 10.1 Å². The van der Waals surface area contributed by atoms with Crippen molar-refractivity contribution >= 4 is 23.5 Å². The van der Waals surface area contributed by atoms with E-state index in [1.165, 1.54) is 0 Å². The van der Waals surface area contributed by atoms with Crippen molar-refractivity contribution in [2.24, 2.45) is 5.92 Å². The normalized spacial score (nSPS) is 12.0. The zero-order valence-corrected chi connectivity index (χ0v) is 12.2. The lowest BCUT2D eigenvalue weighted by atomic mass is 10.0. The molecule has 6 heteroatoms. The first-order valence-electron chi connectivity index (χ1n) is 6.29. The molecule has 0 heterocycles.